The number of carbonyl (C=O) groups is 2. The largest absolute Gasteiger partial charge is 0.306 e. The first kappa shape index (κ1) is 58.1. The van der Waals surface area contributed by atoms with Gasteiger partial charge in [0.05, 0.1) is 32.3 Å². The molecule has 2 amide bonds. The Hall–Kier alpha value is -2.56. The quantitative estimate of drug-likeness (QED) is 0.0368. The first-order valence-corrected chi connectivity index (χ1v) is 34.1. The topological polar surface area (TPSA) is 40.6 Å². The third kappa shape index (κ3) is 16.5. The fraction of sp³-hybridized carbons (Fsp3) is 0.656. The number of fused-ring (bicyclic) bond motifs is 3. The number of rotatable bonds is 39. The van der Waals surface area contributed by atoms with Crippen LogP contribution in [0.2, 0.25) is 0 Å². The molecule has 2 unspecified atom stereocenters. The predicted molar refractivity (Wildman–Crippen MR) is 327 cm³/mol. The van der Waals surface area contributed by atoms with Crippen molar-refractivity contribution in [3.63, 3.8) is 0 Å². The van der Waals surface area contributed by atoms with E-state index in [2.05, 4.69) is 87.7 Å². The average Bonchev–Trinajstić information content (AvgIpc) is 4.26. The van der Waals surface area contributed by atoms with Crippen LogP contribution < -0.4 is 0 Å². The van der Waals surface area contributed by atoms with Crippen LogP contribution in [0.4, 0.5) is 0 Å². The Labute approximate surface area is 463 Å². The Balaban J connectivity index is 1.24. The highest BCUT2D eigenvalue weighted by Crippen LogP contribution is 2.52. The van der Waals surface area contributed by atoms with Crippen LogP contribution in [0.15, 0.2) is 47.5 Å². The standard InChI is InChI=1S/C64H94N2O2S5/c1-7-11-15-19-23-25-29-33-37-49(35-31-27-21-17-13-9-3)45-65-61(57-43-54-52(72-57)41-48(6)70-54)59-60(64(65)68)62(58-44-56-55(73-58)42-53(71-56)51-40-39-47(5)69-51)66(63(59)67)46-50(36-32-28-22-18-14-10-4)38-34-30-26-24-20-16-12-8-2/h39-44,49-50H,7-38,45-46H2,1-6H3. The molecular formula is C64H94N2O2S5. The van der Waals surface area contributed by atoms with Crippen molar-refractivity contribution in [2.45, 2.75) is 247 Å². The summed E-state index contributed by atoms with van der Waals surface area (Å²) in [6.07, 6.45) is 40.9. The van der Waals surface area contributed by atoms with Gasteiger partial charge in [-0.3, -0.25) is 9.59 Å². The molecule has 0 radical (unpaired) electrons. The minimum atomic E-state index is 0.0645. The van der Waals surface area contributed by atoms with E-state index in [1.807, 2.05) is 34.0 Å². The predicted octanol–water partition coefficient (Wildman–Crippen LogP) is 22.2. The highest BCUT2D eigenvalue weighted by atomic mass is 32.1. The van der Waals surface area contributed by atoms with E-state index >= 15 is 9.59 Å². The van der Waals surface area contributed by atoms with Crippen LogP contribution >= 0.6 is 56.7 Å². The number of thiophene rings is 5. The number of hydrogen-bond donors (Lipinski definition) is 0. The maximum Gasteiger partial charge on any atom is 0.261 e. The number of nitrogens with zero attached hydrogens (tertiary/aromatic N) is 2. The molecule has 402 valence electrons. The van der Waals surface area contributed by atoms with Gasteiger partial charge < -0.3 is 9.80 Å². The van der Waals surface area contributed by atoms with E-state index in [1.54, 1.807) is 22.7 Å². The molecule has 0 bridgehead atoms. The molecule has 0 spiro atoms. The zero-order chi connectivity index (χ0) is 51.4. The zero-order valence-corrected chi connectivity index (χ0v) is 50.5. The first-order chi connectivity index (χ1) is 35.7. The summed E-state index contributed by atoms with van der Waals surface area (Å²) in [5.41, 5.74) is 3.18. The van der Waals surface area contributed by atoms with E-state index in [-0.39, 0.29) is 11.8 Å². The molecule has 0 saturated carbocycles. The Bertz CT molecular complexity index is 2440. The Morgan fingerprint density at radius 1 is 0.356 bits per heavy atom. The second-order valence-corrected chi connectivity index (χ2v) is 28.0. The number of hydrogen-bond acceptors (Lipinski definition) is 7. The fourth-order valence-corrected chi connectivity index (χ4v) is 17.5. The first-order valence-electron chi connectivity index (χ1n) is 30.0. The molecule has 2 aliphatic rings. The van der Waals surface area contributed by atoms with Crippen molar-refractivity contribution in [3.8, 4) is 9.75 Å². The highest BCUT2D eigenvalue weighted by molar-refractivity contribution is 7.31. The molecule has 9 heteroatoms. The Morgan fingerprint density at radius 2 is 0.685 bits per heavy atom. The van der Waals surface area contributed by atoms with Crippen LogP contribution in [0.5, 0.6) is 0 Å². The van der Waals surface area contributed by atoms with Crippen molar-refractivity contribution in [3.05, 3.63) is 67.1 Å². The van der Waals surface area contributed by atoms with Crippen molar-refractivity contribution < 1.29 is 9.59 Å². The number of amides is 2. The summed E-state index contributed by atoms with van der Waals surface area (Å²) in [6.45, 7) is 15.0. The third-order valence-electron chi connectivity index (χ3n) is 15.9. The minimum absolute atomic E-state index is 0.0645. The average molecular weight is 1080 g/mol. The van der Waals surface area contributed by atoms with Crippen LogP contribution in [0.25, 0.3) is 39.9 Å². The Morgan fingerprint density at radius 3 is 1.04 bits per heavy atom. The van der Waals surface area contributed by atoms with Crippen molar-refractivity contribution in [1.82, 2.24) is 9.80 Å². The van der Waals surface area contributed by atoms with Gasteiger partial charge in [0.1, 0.15) is 0 Å². The minimum Gasteiger partial charge on any atom is -0.306 e. The number of unbranched alkanes of at least 4 members (excludes halogenated alkanes) is 24. The molecule has 7 heterocycles. The SMILES string of the molecule is CCCCCCCCCCC(CCCCCCCC)CN1C(=O)C2=C(c3cc4sc(-c5ccc(C)s5)cc4s3)N(CC(CCCCCCCC)CCCCCCCCCC)C(=O)C2=C1c1cc2sc(C)cc2s1. The van der Waals surface area contributed by atoms with Gasteiger partial charge in [-0.05, 0) is 87.8 Å². The summed E-state index contributed by atoms with van der Waals surface area (Å²) in [5, 5.41) is 0. The van der Waals surface area contributed by atoms with Crippen LogP contribution in [-0.4, -0.2) is 34.7 Å². The van der Waals surface area contributed by atoms with E-state index in [1.165, 1.54) is 218 Å². The van der Waals surface area contributed by atoms with E-state index in [0.717, 1.165) is 46.8 Å². The summed E-state index contributed by atoms with van der Waals surface area (Å²) >= 11 is 9.14. The molecule has 73 heavy (non-hydrogen) atoms. The van der Waals surface area contributed by atoms with E-state index in [4.69, 9.17) is 0 Å². The Kier molecular flexibility index (Phi) is 24.7. The molecule has 0 N–H and O–H groups in total. The van der Waals surface area contributed by atoms with E-state index < -0.39 is 0 Å². The van der Waals surface area contributed by atoms with Crippen molar-refractivity contribution >= 4 is 98.7 Å². The molecule has 4 nitrogen and oxygen atoms in total. The van der Waals surface area contributed by atoms with Gasteiger partial charge in [-0.1, -0.05) is 207 Å². The van der Waals surface area contributed by atoms with Crippen molar-refractivity contribution in [2.75, 3.05) is 13.1 Å². The summed E-state index contributed by atoms with van der Waals surface area (Å²) in [5.74, 6) is 0.936. The number of aryl methyl sites for hydroxylation is 2. The zero-order valence-electron chi connectivity index (χ0n) is 46.4. The van der Waals surface area contributed by atoms with E-state index in [0.29, 0.717) is 36.1 Å². The van der Waals surface area contributed by atoms with Crippen LogP contribution in [0.3, 0.4) is 0 Å². The molecule has 0 fully saturated rings. The summed E-state index contributed by atoms with van der Waals surface area (Å²) in [6, 6.07) is 13.8. The fourth-order valence-electron chi connectivity index (χ4n) is 11.7. The summed E-state index contributed by atoms with van der Waals surface area (Å²) in [7, 11) is 0. The molecular weight excluding hydrogens is 989 g/mol. The normalized spacial score (nSPS) is 15.0. The van der Waals surface area contributed by atoms with Gasteiger partial charge in [-0.25, -0.2) is 0 Å². The summed E-state index contributed by atoms with van der Waals surface area (Å²) in [4.78, 5) is 43.6. The van der Waals surface area contributed by atoms with Crippen molar-refractivity contribution in [1.29, 1.82) is 0 Å². The van der Waals surface area contributed by atoms with Crippen molar-refractivity contribution in [2.24, 2.45) is 11.8 Å². The molecule has 0 aliphatic carbocycles. The van der Waals surface area contributed by atoms with Gasteiger partial charge in [-0.2, -0.15) is 0 Å². The second-order valence-electron chi connectivity index (χ2n) is 22.2. The van der Waals surface area contributed by atoms with E-state index in [9.17, 15) is 0 Å². The third-order valence-corrected chi connectivity index (χ3v) is 21.6. The van der Waals surface area contributed by atoms with Crippen LogP contribution in [0.1, 0.15) is 253 Å². The monoisotopic (exact) mass is 1080 g/mol. The molecule has 7 rings (SSSR count). The second kappa shape index (κ2) is 31.0. The molecule has 0 saturated heterocycles. The molecule has 5 aromatic heterocycles. The van der Waals surface area contributed by atoms with Gasteiger partial charge in [0.25, 0.3) is 11.8 Å². The maximum absolute atomic E-state index is 15.9. The smallest absolute Gasteiger partial charge is 0.261 e. The van der Waals surface area contributed by atoms with Gasteiger partial charge in [0.2, 0.25) is 0 Å². The highest BCUT2D eigenvalue weighted by Gasteiger charge is 2.50. The van der Waals surface area contributed by atoms with Gasteiger partial charge >= 0.3 is 0 Å². The van der Waals surface area contributed by atoms with Crippen LogP contribution in [0, 0.1) is 25.7 Å². The summed E-state index contributed by atoms with van der Waals surface area (Å²) < 4.78 is 5.03. The van der Waals surface area contributed by atoms with Crippen LogP contribution in [-0.2, 0) is 9.59 Å². The lowest BCUT2D eigenvalue weighted by Gasteiger charge is -2.29. The molecule has 5 aromatic rings. The lowest BCUT2D eigenvalue weighted by molar-refractivity contribution is -0.124. The maximum atomic E-state index is 15.9. The molecule has 2 aliphatic heterocycles. The number of carbonyl (C=O) groups excluding carboxylic acids is 2. The van der Waals surface area contributed by atoms with Gasteiger partial charge in [-0.15, -0.1) is 56.7 Å². The van der Waals surface area contributed by atoms with Gasteiger partial charge in [0.15, 0.2) is 0 Å². The lowest BCUT2D eigenvalue weighted by atomic mass is 9.93. The molecule has 2 atom stereocenters. The lowest BCUT2D eigenvalue weighted by Crippen LogP contribution is -2.34. The van der Waals surface area contributed by atoms with Gasteiger partial charge in [0, 0.05) is 51.4 Å². The molecule has 0 aromatic carbocycles.